The number of hydrogen-bond donors (Lipinski definition) is 1. The zero-order valence-electron chi connectivity index (χ0n) is 17.8. The highest BCUT2D eigenvalue weighted by Gasteiger charge is 2.13. The smallest absolute Gasteiger partial charge is 0.236 e. The van der Waals surface area contributed by atoms with Gasteiger partial charge in [-0.2, -0.15) is 0 Å². The number of aromatic nitrogens is 4. The summed E-state index contributed by atoms with van der Waals surface area (Å²) in [4.78, 5) is 16.9. The topological polar surface area (TPSA) is 81.9 Å². The van der Waals surface area contributed by atoms with E-state index in [2.05, 4.69) is 39.6 Å². The number of ether oxygens (including phenoxy) is 1. The third-order valence-electron chi connectivity index (χ3n) is 4.78. The Morgan fingerprint density at radius 3 is 2.66 bits per heavy atom. The van der Waals surface area contributed by atoms with Crippen molar-refractivity contribution in [2.24, 2.45) is 7.05 Å². The number of carbonyl (C=O) groups excluding carboxylic acids is 1. The molecule has 0 aliphatic rings. The lowest BCUT2D eigenvalue weighted by molar-refractivity contribution is -0.113. The fourth-order valence-electron chi connectivity index (χ4n) is 2.92. The maximum Gasteiger partial charge on any atom is 0.236 e. The molecule has 7 nitrogen and oxygen atoms in total. The van der Waals surface area contributed by atoms with E-state index in [1.54, 1.807) is 0 Å². The Labute approximate surface area is 194 Å². The standard InChI is InChI=1S/C23H23N5O2S2/c1-3-16-9-11-18(12-10-16)30-13-20-26-27-23(28(20)2)32-15-21(29)25-22-24-19(14-31-22)17-7-5-4-6-8-17/h4-12,14H,3,13,15H2,1-2H3,(H,24,25,29). The average molecular weight is 466 g/mol. The van der Waals surface area contributed by atoms with Gasteiger partial charge in [-0.1, -0.05) is 61.2 Å². The van der Waals surface area contributed by atoms with E-state index in [1.807, 2.05) is 59.5 Å². The van der Waals surface area contributed by atoms with Crippen molar-refractivity contribution >= 4 is 34.1 Å². The van der Waals surface area contributed by atoms with Gasteiger partial charge in [-0.3, -0.25) is 4.79 Å². The monoisotopic (exact) mass is 465 g/mol. The summed E-state index contributed by atoms with van der Waals surface area (Å²) >= 11 is 2.73. The summed E-state index contributed by atoms with van der Waals surface area (Å²) in [5.74, 6) is 1.56. The summed E-state index contributed by atoms with van der Waals surface area (Å²) in [6.07, 6.45) is 0.995. The second kappa shape index (κ2) is 10.4. The van der Waals surface area contributed by atoms with E-state index in [0.717, 1.165) is 23.4 Å². The molecule has 1 N–H and O–H groups in total. The van der Waals surface area contributed by atoms with E-state index in [4.69, 9.17) is 4.74 Å². The van der Waals surface area contributed by atoms with E-state index in [-0.39, 0.29) is 11.7 Å². The van der Waals surface area contributed by atoms with Crippen molar-refractivity contribution in [1.82, 2.24) is 19.7 Å². The lowest BCUT2D eigenvalue weighted by Gasteiger charge is -2.07. The Bertz CT molecular complexity index is 1170. The van der Waals surface area contributed by atoms with Crippen LogP contribution in [0.3, 0.4) is 0 Å². The number of rotatable bonds is 9. The molecule has 2 heterocycles. The van der Waals surface area contributed by atoms with Gasteiger partial charge < -0.3 is 14.6 Å². The molecule has 0 bridgehead atoms. The SMILES string of the molecule is CCc1ccc(OCc2nnc(SCC(=O)Nc3nc(-c4ccccc4)cs3)n2C)cc1. The molecule has 0 saturated heterocycles. The first kappa shape index (κ1) is 22.0. The number of benzene rings is 2. The lowest BCUT2D eigenvalue weighted by Crippen LogP contribution is -2.14. The molecule has 0 saturated carbocycles. The zero-order valence-corrected chi connectivity index (χ0v) is 19.4. The number of aryl methyl sites for hydroxylation is 1. The number of nitrogens with one attached hydrogen (secondary N) is 1. The fraction of sp³-hybridized carbons (Fsp3) is 0.217. The Hall–Kier alpha value is -3.17. The van der Waals surface area contributed by atoms with Crippen molar-refractivity contribution in [1.29, 1.82) is 0 Å². The summed E-state index contributed by atoms with van der Waals surface area (Å²) in [7, 11) is 1.87. The van der Waals surface area contributed by atoms with Gasteiger partial charge in [0.25, 0.3) is 0 Å². The van der Waals surface area contributed by atoms with E-state index in [9.17, 15) is 4.79 Å². The van der Waals surface area contributed by atoms with Gasteiger partial charge in [0.2, 0.25) is 5.91 Å². The maximum absolute atomic E-state index is 12.4. The molecule has 2 aromatic heterocycles. The molecule has 0 aliphatic carbocycles. The Kier molecular flexibility index (Phi) is 7.18. The van der Waals surface area contributed by atoms with Crippen molar-refractivity contribution < 1.29 is 9.53 Å². The molecule has 2 aromatic carbocycles. The van der Waals surface area contributed by atoms with Crippen LogP contribution >= 0.6 is 23.1 Å². The second-order valence-electron chi connectivity index (χ2n) is 6.98. The van der Waals surface area contributed by atoms with Crippen LogP contribution in [-0.4, -0.2) is 31.4 Å². The molecule has 0 atom stereocenters. The lowest BCUT2D eigenvalue weighted by atomic mass is 10.2. The zero-order chi connectivity index (χ0) is 22.3. The van der Waals surface area contributed by atoms with Gasteiger partial charge in [-0.15, -0.1) is 21.5 Å². The molecule has 1 amide bonds. The highest BCUT2D eigenvalue weighted by Crippen LogP contribution is 2.25. The van der Waals surface area contributed by atoms with Crippen LogP contribution in [0.25, 0.3) is 11.3 Å². The number of thiazole rings is 1. The van der Waals surface area contributed by atoms with Gasteiger partial charge in [-0.25, -0.2) is 4.98 Å². The summed E-state index contributed by atoms with van der Waals surface area (Å²) in [5, 5.41) is 14.4. The molecule has 0 radical (unpaired) electrons. The number of carbonyl (C=O) groups is 1. The van der Waals surface area contributed by atoms with Crippen molar-refractivity contribution in [3.63, 3.8) is 0 Å². The van der Waals surface area contributed by atoms with Crippen molar-refractivity contribution in [3.05, 3.63) is 71.4 Å². The van der Waals surface area contributed by atoms with Crippen LogP contribution in [0.1, 0.15) is 18.3 Å². The minimum Gasteiger partial charge on any atom is -0.486 e. The number of amides is 1. The number of nitrogens with zero attached hydrogens (tertiary/aromatic N) is 4. The van der Waals surface area contributed by atoms with Crippen molar-refractivity contribution in [3.8, 4) is 17.0 Å². The largest absolute Gasteiger partial charge is 0.486 e. The van der Waals surface area contributed by atoms with Crippen molar-refractivity contribution in [2.45, 2.75) is 25.1 Å². The van der Waals surface area contributed by atoms with Crippen LogP contribution in [0, 0.1) is 0 Å². The first-order valence-corrected chi connectivity index (χ1v) is 12.0. The molecule has 0 aliphatic heterocycles. The molecule has 164 valence electrons. The minimum absolute atomic E-state index is 0.138. The van der Waals surface area contributed by atoms with Crippen LogP contribution in [0.2, 0.25) is 0 Å². The molecular weight excluding hydrogens is 442 g/mol. The van der Waals surface area contributed by atoms with Gasteiger partial charge in [0, 0.05) is 18.0 Å². The summed E-state index contributed by atoms with van der Waals surface area (Å²) in [6.45, 7) is 2.43. The third-order valence-corrected chi connectivity index (χ3v) is 6.56. The molecule has 0 fully saturated rings. The fourth-order valence-corrected chi connectivity index (χ4v) is 4.39. The molecule has 32 heavy (non-hydrogen) atoms. The first-order chi connectivity index (χ1) is 15.6. The average Bonchev–Trinajstić information content (AvgIpc) is 3.43. The van der Waals surface area contributed by atoms with Gasteiger partial charge in [0.1, 0.15) is 12.4 Å². The number of hydrogen-bond acceptors (Lipinski definition) is 7. The van der Waals surface area contributed by atoms with Gasteiger partial charge in [0.15, 0.2) is 16.1 Å². The number of anilines is 1. The molecule has 0 unspecified atom stereocenters. The molecule has 0 spiro atoms. The third kappa shape index (κ3) is 5.54. The summed E-state index contributed by atoms with van der Waals surface area (Å²) in [6, 6.07) is 17.9. The Morgan fingerprint density at radius 1 is 1.12 bits per heavy atom. The minimum atomic E-state index is -0.138. The van der Waals surface area contributed by atoms with Crippen LogP contribution < -0.4 is 10.1 Å². The summed E-state index contributed by atoms with van der Waals surface area (Å²) < 4.78 is 7.65. The molecule has 9 heteroatoms. The molecule has 4 rings (SSSR count). The van der Waals surface area contributed by atoms with Gasteiger partial charge in [0.05, 0.1) is 11.4 Å². The van der Waals surface area contributed by atoms with Crippen LogP contribution in [0.5, 0.6) is 5.75 Å². The molecular formula is C23H23N5O2S2. The predicted octanol–water partition coefficient (Wildman–Crippen LogP) is 4.81. The number of thioether (sulfide) groups is 1. The highest BCUT2D eigenvalue weighted by atomic mass is 32.2. The maximum atomic E-state index is 12.4. The Morgan fingerprint density at radius 2 is 1.91 bits per heavy atom. The Balaban J connectivity index is 1.28. The first-order valence-electron chi connectivity index (χ1n) is 10.2. The van der Waals surface area contributed by atoms with E-state index in [1.165, 1.54) is 28.7 Å². The second-order valence-corrected chi connectivity index (χ2v) is 8.79. The van der Waals surface area contributed by atoms with Crippen LogP contribution in [-0.2, 0) is 24.9 Å². The van der Waals surface area contributed by atoms with E-state index >= 15 is 0 Å². The predicted molar refractivity (Wildman–Crippen MR) is 128 cm³/mol. The van der Waals surface area contributed by atoms with E-state index < -0.39 is 0 Å². The van der Waals surface area contributed by atoms with Gasteiger partial charge >= 0.3 is 0 Å². The van der Waals surface area contributed by atoms with Crippen LogP contribution in [0.4, 0.5) is 5.13 Å². The summed E-state index contributed by atoms with van der Waals surface area (Å²) in [5.41, 5.74) is 3.14. The van der Waals surface area contributed by atoms with Gasteiger partial charge in [-0.05, 0) is 24.1 Å². The van der Waals surface area contributed by atoms with E-state index in [0.29, 0.717) is 22.7 Å². The normalized spacial score (nSPS) is 10.8. The van der Waals surface area contributed by atoms with Crippen LogP contribution in [0.15, 0.2) is 65.1 Å². The quantitative estimate of drug-likeness (QED) is 0.357. The van der Waals surface area contributed by atoms with Crippen molar-refractivity contribution in [2.75, 3.05) is 11.1 Å². The molecule has 4 aromatic rings. The highest BCUT2D eigenvalue weighted by molar-refractivity contribution is 7.99.